The van der Waals surface area contributed by atoms with Gasteiger partial charge in [-0.1, -0.05) is 170 Å². The van der Waals surface area contributed by atoms with Crippen molar-refractivity contribution in [3.8, 4) is 0 Å². The van der Waals surface area contributed by atoms with Crippen LogP contribution in [0.1, 0.15) is 168 Å². The third-order valence-electron chi connectivity index (χ3n) is 8.05. The third kappa shape index (κ3) is 38.2. The van der Waals surface area contributed by atoms with Gasteiger partial charge in [-0.3, -0.25) is 4.79 Å². The van der Waals surface area contributed by atoms with Crippen LogP contribution < -0.4 is 0 Å². The predicted molar refractivity (Wildman–Crippen MR) is 205 cm³/mol. The first-order chi connectivity index (χ1) is 23.2. The van der Waals surface area contributed by atoms with Gasteiger partial charge in [-0.2, -0.15) is 0 Å². The Bertz CT molecular complexity index is 820. The number of aliphatic hydroxyl groups is 1. The number of esters is 1. The number of hydrogen-bond donors (Lipinski definition) is 1. The van der Waals surface area contributed by atoms with Crippen molar-refractivity contribution in [3.05, 3.63) is 72.9 Å². The van der Waals surface area contributed by atoms with Gasteiger partial charge in [0.25, 0.3) is 0 Å². The first-order valence-electron chi connectivity index (χ1n) is 19.5. The van der Waals surface area contributed by atoms with Crippen molar-refractivity contribution >= 4 is 5.97 Å². The average Bonchev–Trinajstić information content (AvgIpc) is 3.08. The molecule has 1 unspecified atom stereocenters. The van der Waals surface area contributed by atoms with E-state index >= 15 is 0 Å². The second-order valence-corrected chi connectivity index (χ2v) is 12.6. The minimum Gasteiger partial charge on any atom is -0.457 e. The van der Waals surface area contributed by atoms with Crippen LogP contribution in [0.25, 0.3) is 0 Å². The average molecular weight is 655 g/mol. The fourth-order valence-corrected chi connectivity index (χ4v) is 5.15. The second-order valence-electron chi connectivity index (χ2n) is 12.6. The van der Waals surface area contributed by atoms with Gasteiger partial charge in [0.2, 0.25) is 0 Å². The molecule has 270 valence electrons. The number of carbonyl (C=O) groups excluding carboxylic acids is 1. The van der Waals surface area contributed by atoms with Crippen molar-refractivity contribution in [1.82, 2.24) is 0 Å². The molecule has 0 radical (unpaired) electrons. The molecule has 0 spiro atoms. The van der Waals surface area contributed by atoms with Crippen molar-refractivity contribution in [3.63, 3.8) is 0 Å². The molecule has 4 heteroatoms. The topological polar surface area (TPSA) is 55.8 Å². The Morgan fingerprint density at radius 3 is 1.40 bits per heavy atom. The van der Waals surface area contributed by atoms with E-state index in [2.05, 4.69) is 86.8 Å². The molecular weight excluding hydrogens is 580 g/mol. The van der Waals surface area contributed by atoms with Crippen molar-refractivity contribution in [1.29, 1.82) is 0 Å². The third-order valence-corrected chi connectivity index (χ3v) is 8.05. The Kier molecular flexibility index (Phi) is 38.2. The van der Waals surface area contributed by atoms with Crippen LogP contribution in [0.5, 0.6) is 0 Å². The highest BCUT2D eigenvalue weighted by Gasteiger charge is 2.13. The minimum atomic E-state index is -0.558. The normalized spacial score (nSPS) is 13.2. The van der Waals surface area contributed by atoms with Crippen LogP contribution >= 0.6 is 0 Å². The maximum Gasteiger partial charge on any atom is 0.306 e. The number of hydrogen-bond acceptors (Lipinski definition) is 4. The van der Waals surface area contributed by atoms with Gasteiger partial charge < -0.3 is 14.6 Å². The van der Waals surface area contributed by atoms with Gasteiger partial charge in [0, 0.05) is 13.0 Å². The summed E-state index contributed by atoms with van der Waals surface area (Å²) in [5.74, 6) is -0.244. The zero-order chi connectivity index (χ0) is 34.1. The SMILES string of the molecule is CC/C=C\C/C=C\C/C=C\C/C=C\C/C=C\C/C=C\CCCCC(=O)OC(CO)COCCCCCCCCCCCCCCCC. The van der Waals surface area contributed by atoms with Crippen molar-refractivity contribution in [2.45, 2.75) is 174 Å². The lowest BCUT2D eigenvalue weighted by Crippen LogP contribution is -2.27. The fourth-order valence-electron chi connectivity index (χ4n) is 5.15. The van der Waals surface area contributed by atoms with Crippen LogP contribution in [0.3, 0.4) is 0 Å². The van der Waals surface area contributed by atoms with Gasteiger partial charge in [-0.15, -0.1) is 0 Å². The number of aliphatic hydroxyl groups excluding tert-OH is 1. The largest absolute Gasteiger partial charge is 0.457 e. The first-order valence-corrected chi connectivity index (χ1v) is 19.5. The van der Waals surface area contributed by atoms with E-state index < -0.39 is 6.10 Å². The molecule has 0 rings (SSSR count). The molecule has 1 atom stereocenters. The molecule has 0 heterocycles. The van der Waals surface area contributed by atoms with Gasteiger partial charge in [0.15, 0.2) is 0 Å². The number of carbonyl (C=O) groups is 1. The summed E-state index contributed by atoms with van der Waals surface area (Å²) in [6.45, 7) is 5.18. The summed E-state index contributed by atoms with van der Waals surface area (Å²) >= 11 is 0. The van der Waals surface area contributed by atoms with E-state index in [1.807, 2.05) is 0 Å². The number of ether oxygens (including phenoxy) is 2. The van der Waals surface area contributed by atoms with Gasteiger partial charge in [0.05, 0.1) is 13.2 Å². The minimum absolute atomic E-state index is 0.191. The number of rotatable bonds is 35. The summed E-state index contributed by atoms with van der Waals surface area (Å²) in [5.41, 5.74) is 0. The zero-order valence-electron chi connectivity index (χ0n) is 30.8. The first kappa shape index (κ1) is 44.8. The van der Waals surface area contributed by atoms with Crippen molar-refractivity contribution in [2.75, 3.05) is 19.8 Å². The maximum atomic E-state index is 12.2. The highest BCUT2D eigenvalue weighted by Crippen LogP contribution is 2.13. The lowest BCUT2D eigenvalue weighted by molar-refractivity contribution is -0.154. The molecule has 47 heavy (non-hydrogen) atoms. The molecule has 0 saturated carbocycles. The van der Waals surface area contributed by atoms with E-state index in [1.54, 1.807) is 0 Å². The Labute approximate surface area is 291 Å². The molecule has 0 amide bonds. The summed E-state index contributed by atoms with van der Waals surface area (Å²) in [5, 5.41) is 9.57. The molecule has 0 bridgehead atoms. The molecule has 0 aromatic carbocycles. The Balaban J connectivity index is 3.58. The van der Waals surface area contributed by atoms with Gasteiger partial charge >= 0.3 is 5.97 Å². The van der Waals surface area contributed by atoms with E-state index in [1.165, 1.54) is 83.5 Å². The van der Waals surface area contributed by atoms with Crippen molar-refractivity contribution < 1.29 is 19.4 Å². The molecule has 1 N–H and O–H groups in total. The number of unbranched alkanes of at least 4 members (excludes halogenated alkanes) is 15. The quantitative estimate of drug-likeness (QED) is 0.0420. The molecule has 0 fully saturated rings. The predicted octanol–water partition coefficient (Wildman–Crippen LogP) is 12.6. The molecule has 0 aromatic rings. The van der Waals surface area contributed by atoms with E-state index in [4.69, 9.17) is 9.47 Å². The van der Waals surface area contributed by atoms with Crippen molar-refractivity contribution in [2.24, 2.45) is 0 Å². The molecule has 0 aliphatic carbocycles. The smallest absolute Gasteiger partial charge is 0.306 e. The summed E-state index contributed by atoms with van der Waals surface area (Å²) < 4.78 is 11.1. The molecule has 0 saturated heterocycles. The van der Waals surface area contributed by atoms with E-state index in [-0.39, 0.29) is 19.2 Å². The van der Waals surface area contributed by atoms with Crippen LogP contribution in [0.15, 0.2) is 72.9 Å². The fraction of sp³-hybridized carbons (Fsp3) is 0.698. The number of allylic oxidation sites excluding steroid dienone is 12. The maximum absolute atomic E-state index is 12.2. The van der Waals surface area contributed by atoms with Gasteiger partial charge in [-0.05, 0) is 64.2 Å². The molecule has 4 nitrogen and oxygen atoms in total. The van der Waals surface area contributed by atoms with E-state index in [0.29, 0.717) is 13.0 Å². The Hall–Kier alpha value is -2.17. The van der Waals surface area contributed by atoms with Crippen LogP contribution in [0, 0.1) is 0 Å². The van der Waals surface area contributed by atoms with Crippen LogP contribution in [0.2, 0.25) is 0 Å². The van der Waals surface area contributed by atoms with Crippen LogP contribution in [0.4, 0.5) is 0 Å². The highest BCUT2D eigenvalue weighted by molar-refractivity contribution is 5.69. The molecule has 0 aromatic heterocycles. The zero-order valence-corrected chi connectivity index (χ0v) is 30.8. The van der Waals surface area contributed by atoms with E-state index in [0.717, 1.165) is 64.2 Å². The molecular formula is C43H74O4. The summed E-state index contributed by atoms with van der Waals surface area (Å²) in [7, 11) is 0. The van der Waals surface area contributed by atoms with Crippen LogP contribution in [-0.4, -0.2) is 37.0 Å². The summed E-state index contributed by atoms with van der Waals surface area (Å²) in [4.78, 5) is 12.2. The summed E-state index contributed by atoms with van der Waals surface area (Å²) in [6, 6.07) is 0. The molecule has 0 aliphatic heterocycles. The lowest BCUT2D eigenvalue weighted by Gasteiger charge is -2.15. The molecule has 0 aliphatic rings. The second kappa shape index (κ2) is 40.0. The monoisotopic (exact) mass is 655 g/mol. The van der Waals surface area contributed by atoms with E-state index in [9.17, 15) is 9.90 Å². The summed E-state index contributed by atoms with van der Waals surface area (Å²) in [6.07, 6.45) is 53.7. The Morgan fingerprint density at radius 1 is 0.532 bits per heavy atom. The van der Waals surface area contributed by atoms with Gasteiger partial charge in [-0.25, -0.2) is 0 Å². The standard InChI is InChI=1S/C43H74O4/c1-3-5-7-9-11-13-15-17-19-20-21-22-23-24-25-26-28-30-32-34-36-38-43(45)47-42(40-44)41-46-39-37-35-33-31-29-27-18-16-14-12-10-8-6-4-2/h5,7,11,13,17,19,21-22,24-25,28,30,42,44H,3-4,6,8-10,12,14-16,18,20,23,26-27,29,31-41H2,1-2H3/b7-5-,13-11-,19-17-,22-21-,25-24-,30-28-. The lowest BCUT2D eigenvalue weighted by atomic mass is 10.0. The Morgan fingerprint density at radius 2 is 0.957 bits per heavy atom. The highest BCUT2D eigenvalue weighted by atomic mass is 16.6. The van der Waals surface area contributed by atoms with Crippen LogP contribution in [-0.2, 0) is 14.3 Å². The van der Waals surface area contributed by atoms with Gasteiger partial charge in [0.1, 0.15) is 6.10 Å².